The molecule has 39 heavy (non-hydrogen) atoms. The third-order valence-electron chi connectivity index (χ3n) is 11.4. The van der Waals surface area contributed by atoms with Crippen molar-refractivity contribution in [1.29, 1.82) is 0 Å². The lowest BCUT2D eigenvalue weighted by atomic mass is 9.55. The van der Waals surface area contributed by atoms with E-state index in [1.54, 1.807) is 0 Å². The van der Waals surface area contributed by atoms with E-state index in [4.69, 9.17) is 13.6 Å². The molecule has 2 saturated carbocycles. The highest BCUT2D eigenvalue weighted by Gasteiger charge is 2.61. The van der Waals surface area contributed by atoms with Crippen LogP contribution in [0.1, 0.15) is 91.2 Å². The molecule has 220 valence electrons. The van der Waals surface area contributed by atoms with Gasteiger partial charge in [0, 0.05) is 0 Å². The monoisotopic (exact) mass is 636 g/mol. The van der Waals surface area contributed by atoms with E-state index in [1.807, 2.05) is 0 Å². The molecular weight excluding hydrogens is 584 g/mol. The number of halogens is 1. The fourth-order valence-corrected chi connectivity index (χ4v) is 9.59. The standard InChI is InChI=1S/C32H53BrO4Si2/c1-30(2,3)38(8,9)36-22-13-15-23-21(18-22)12-14-25-24(23)16-17-32(7)26(25)19-27(35-28(34)20-33)29(32)37-39(10,11)31(4,5)6/h13,15,18,24-27,29H,12,14,16-17,19-20H2,1-11H3/t24?,25?,26?,27-,29+,32+/m1/s1. The van der Waals surface area contributed by atoms with Crippen LogP contribution in [-0.4, -0.2) is 40.1 Å². The summed E-state index contributed by atoms with van der Waals surface area (Å²) >= 11 is 3.32. The molecule has 0 spiro atoms. The van der Waals surface area contributed by atoms with Crippen LogP contribution < -0.4 is 4.43 Å². The minimum absolute atomic E-state index is 0.0246. The summed E-state index contributed by atoms with van der Waals surface area (Å²) in [6.07, 6.45) is 5.28. The molecule has 4 nitrogen and oxygen atoms in total. The second-order valence-corrected chi connectivity index (χ2v) is 25.9. The van der Waals surface area contributed by atoms with Crippen molar-refractivity contribution in [2.24, 2.45) is 17.3 Å². The molecular formula is C32H53BrO4Si2. The molecule has 0 saturated heterocycles. The van der Waals surface area contributed by atoms with Gasteiger partial charge in [0.1, 0.15) is 17.2 Å². The first-order valence-electron chi connectivity index (χ1n) is 15.1. The number of carbonyl (C=O) groups excluding carboxylic acids is 1. The molecule has 7 heteroatoms. The van der Waals surface area contributed by atoms with Crippen LogP contribution in [0.25, 0.3) is 0 Å². The number of hydrogen-bond donors (Lipinski definition) is 0. The number of hydrogen-bond acceptors (Lipinski definition) is 4. The first-order valence-corrected chi connectivity index (χ1v) is 22.0. The number of carbonyl (C=O) groups is 1. The van der Waals surface area contributed by atoms with E-state index in [-0.39, 0.29) is 39.0 Å². The molecule has 1 aromatic rings. The summed E-state index contributed by atoms with van der Waals surface area (Å²) in [7, 11) is -3.92. The quantitative estimate of drug-likeness (QED) is 0.177. The third kappa shape index (κ3) is 5.85. The Balaban J connectivity index is 1.61. The van der Waals surface area contributed by atoms with Gasteiger partial charge in [-0.15, -0.1) is 0 Å². The molecule has 0 bridgehead atoms. The van der Waals surface area contributed by atoms with Crippen molar-refractivity contribution in [1.82, 2.24) is 0 Å². The largest absolute Gasteiger partial charge is 0.543 e. The summed E-state index contributed by atoms with van der Waals surface area (Å²) in [5.74, 6) is 2.53. The Bertz CT molecular complexity index is 1070. The van der Waals surface area contributed by atoms with E-state index in [0.29, 0.717) is 17.8 Å². The molecule has 2 fully saturated rings. The van der Waals surface area contributed by atoms with Gasteiger partial charge in [0.05, 0.1) is 6.10 Å². The van der Waals surface area contributed by atoms with E-state index in [0.717, 1.165) is 25.0 Å². The highest BCUT2D eigenvalue weighted by Crippen LogP contribution is 2.63. The first kappa shape index (κ1) is 31.3. The summed E-state index contributed by atoms with van der Waals surface area (Å²) < 4.78 is 20.0. The van der Waals surface area contributed by atoms with Gasteiger partial charge in [-0.3, -0.25) is 4.79 Å². The molecule has 0 N–H and O–H groups in total. The Labute approximate surface area is 248 Å². The van der Waals surface area contributed by atoms with Crippen molar-refractivity contribution >= 4 is 38.5 Å². The maximum absolute atomic E-state index is 12.5. The predicted octanol–water partition coefficient (Wildman–Crippen LogP) is 9.23. The Kier molecular flexibility index (Phi) is 8.49. The predicted molar refractivity (Wildman–Crippen MR) is 170 cm³/mol. The molecule has 1 aromatic carbocycles. The lowest BCUT2D eigenvalue weighted by Gasteiger charge is -2.52. The van der Waals surface area contributed by atoms with Gasteiger partial charge in [0.15, 0.2) is 8.32 Å². The number of benzene rings is 1. The van der Waals surface area contributed by atoms with Gasteiger partial charge >= 0.3 is 5.97 Å². The molecule has 3 aliphatic rings. The molecule has 0 amide bonds. The van der Waals surface area contributed by atoms with E-state index in [1.165, 1.54) is 24.0 Å². The van der Waals surface area contributed by atoms with Gasteiger partial charge in [0.2, 0.25) is 8.32 Å². The molecule has 3 unspecified atom stereocenters. The van der Waals surface area contributed by atoms with E-state index < -0.39 is 16.6 Å². The molecule has 6 atom stereocenters. The average Bonchev–Trinajstić information content (AvgIpc) is 3.07. The topological polar surface area (TPSA) is 44.8 Å². The number of fused-ring (bicyclic) bond motifs is 5. The van der Waals surface area contributed by atoms with Crippen LogP contribution >= 0.6 is 15.9 Å². The number of rotatable bonds is 6. The lowest BCUT2D eigenvalue weighted by Crippen LogP contribution is -2.53. The maximum Gasteiger partial charge on any atom is 0.316 e. The smallest absolute Gasteiger partial charge is 0.316 e. The Morgan fingerprint density at radius 3 is 2.26 bits per heavy atom. The van der Waals surface area contributed by atoms with Gasteiger partial charge in [-0.05, 0) is 115 Å². The van der Waals surface area contributed by atoms with Crippen molar-refractivity contribution < 1.29 is 18.4 Å². The van der Waals surface area contributed by atoms with Crippen molar-refractivity contribution in [3.63, 3.8) is 0 Å². The molecule has 0 heterocycles. The number of alkyl halides is 1. The summed E-state index contributed by atoms with van der Waals surface area (Å²) in [6.45, 7) is 25.5. The highest BCUT2D eigenvalue weighted by atomic mass is 79.9. The third-order valence-corrected chi connectivity index (χ3v) is 20.7. The molecule has 0 aromatic heterocycles. The normalized spacial score (nSPS) is 31.2. The van der Waals surface area contributed by atoms with Crippen LogP contribution in [0, 0.1) is 17.3 Å². The summed E-state index contributed by atoms with van der Waals surface area (Å²) in [5.41, 5.74) is 3.03. The van der Waals surface area contributed by atoms with Crippen LogP contribution in [0.2, 0.25) is 36.3 Å². The second kappa shape index (κ2) is 10.6. The van der Waals surface area contributed by atoms with E-state index in [9.17, 15) is 4.79 Å². The number of ether oxygens (including phenoxy) is 1. The minimum Gasteiger partial charge on any atom is -0.543 e. The van der Waals surface area contributed by atoms with Crippen molar-refractivity contribution in [2.75, 3.05) is 5.33 Å². The number of esters is 1. The van der Waals surface area contributed by atoms with Crippen LogP contribution in [0.3, 0.4) is 0 Å². The summed E-state index contributed by atoms with van der Waals surface area (Å²) in [6, 6.07) is 6.95. The molecule has 0 aliphatic heterocycles. The fraction of sp³-hybridized carbons (Fsp3) is 0.781. The number of aryl methyl sites for hydroxylation is 1. The molecule has 4 rings (SSSR count). The van der Waals surface area contributed by atoms with Gasteiger partial charge in [0.25, 0.3) is 0 Å². The summed E-state index contributed by atoms with van der Waals surface area (Å²) in [5, 5.41) is 0.523. The van der Waals surface area contributed by atoms with Gasteiger partial charge in [-0.25, -0.2) is 0 Å². The molecule has 3 aliphatic carbocycles. The maximum atomic E-state index is 12.5. The van der Waals surface area contributed by atoms with E-state index >= 15 is 0 Å². The summed E-state index contributed by atoms with van der Waals surface area (Å²) in [4.78, 5) is 12.5. The van der Waals surface area contributed by atoms with Gasteiger partial charge in [-0.1, -0.05) is 70.5 Å². The van der Waals surface area contributed by atoms with Gasteiger partial charge < -0.3 is 13.6 Å². The highest BCUT2D eigenvalue weighted by molar-refractivity contribution is 9.09. The van der Waals surface area contributed by atoms with Crippen LogP contribution in [-0.2, 0) is 20.4 Å². The van der Waals surface area contributed by atoms with Crippen molar-refractivity contribution in [3.05, 3.63) is 29.3 Å². The van der Waals surface area contributed by atoms with Gasteiger partial charge in [-0.2, -0.15) is 0 Å². The Morgan fingerprint density at radius 2 is 1.67 bits per heavy atom. The lowest BCUT2D eigenvalue weighted by molar-refractivity contribution is -0.151. The zero-order valence-corrected chi connectivity index (χ0v) is 30.0. The second-order valence-electron chi connectivity index (χ2n) is 15.9. The minimum atomic E-state index is -2.05. The van der Waals surface area contributed by atoms with Crippen molar-refractivity contribution in [3.8, 4) is 5.75 Å². The average molecular weight is 638 g/mol. The Morgan fingerprint density at radius 1 is 1.03 bits per heavy atom. The molecule has 0 radical (unpaired) electrons. The van der Waals surface area contributed by atoms with Crippen LogP contribution in [0.4, 0.5) is 0 Å². The zero-order chi connectivity index (χ0) is 29.2. The fourth-order valence-electron chi connectivity index (χ4n) is 7.03. The van der Waals surface area contributed by atoms with Crippen molar-refractivity contribution in [2.45, 2.75) is 135 Å². The SMILES string of the molecule is CC(C)(C)[Si](C)(C)Oc1ccc2c(c1)CCC1C2CC[C@@]2(C)C1C[C@@H](OC(=O)CBr)[C@@H]2O[Si](C)(C)C(C)(C)C. The van der Waals surface area contributed by atoms with Crippen LogP contribution in [0.5, 0.6) is 5.75 Å². The van der Waals surface area contributed by atoms with Crippen LogP contribution in [0.15, 0.2) is 18.2 Å². The Hall–Kier alpha value is -0.636. The first-order chi connectivity index (χ1) is 17.8. The zero-order valence-electron chi connectivity index (χ0n) is 26.4. The van der Waals surface area contributed by atoms with E-state index in [2.05, 4.69) is 109 Å².